The van der Waals surface area contributed by atoms with Crippen LogP contribution in [0.2, 0.25) is 0 Å². The molecule has 4 heteroatoms. The van der Waals surface area contributed by atoms with Crippen molar-refractivity contribution in [2.75, 3.05) is 0 Å². The molecule has 0 saturated heterocycles. The van der Waals surface area contributed by atoms with Gasteiger partial charge in [-0.3, -0.25) is 0 Å². The topological polar surface area (TPSA) is 66.2 Å². The number of hydrogen-bond donors (Lipinski definition) is 2. The van der Waals surface area contributed by atoms with Crippen molar-refractivity contribution in [3.8, 4) is 22.5 Å². The second-order valence-corrected chi connectivity index (χ2v) is 6.05. The maximum Gasteiger partial charge on any atom is 0.0973 e. The van der Waals surface area contributed by atoms with Crippen LogP contribution in [0, 0.1) is 0 Å². The van der Waals surface area contributed by atoms with Gasteiger partial charge in [-0.25, -0.2) is 9.97 Å². The molecule has 4 nitrogen and oxygen atoms in total. The van der Waals surface area contributed by atoms with Gasteiger partial charge in [-0.2, -0.15) is 0 Å². The zero-order valence-electron chi connectivity index (χ0n) is 14.1. The van der Waals surface area contributed by atoms with Gasteiger partial charge in [0.25, 0.3) is 0 Å². The zero-order valence-corrected chi connectivity index (χ0v) is 14.1. The Morgan fingerprint density at radius 2 is 0.923 bits per heavy atom. The van der Waals surface area contributed by atoms with E-state index in [0.29, 0.717) is 22.2 Å². The van der Waals surface area contributed by atoms with Gasteiger partial charge in [0, 0.05) is 22.3 Å². The number of benzene rings is 3. The number of aromatic nitrogens is 2. The van der Waals surface area contributed by atoms with Crippen LogP contribution < -0.4 is 0 Å². The number of fused-ring (bicyclic) bond motifs is 1. The molecular weight excluding hydrogens is 324 g/mol. The van der Waals surface area contributed by atoms with Crippen LogP contribution in [0.5, 0.6) is 0 Å². The van der Waals surface area contributed by atoms with E-state index >= 15 is 0 Å². The minimum Gasteiger partial charge on any atom is -0.392 e. The molecule has 0 atom stereocenters. The summed E-state index contributed by atoms with van der Waals surface area (Å²) in [5, 5.41) is 19.4. The number of aliphatic hydroxyl groups excluding tert-OH is 2. The summed E-state index contributed by atoms with van der Waals surface area (Å²) in [6.07, 6.45) is 0. The summed E-state index contributed by atoms with van der Waals surface area (Å²) in [5.41, 5.74) is 6.07. The van der Waals surface area contributed by atoms with Gasteiger partial charge in [0.15, 0.2) is 0 Å². The van der Waals surface area contributed by atoms with Crippen molar-refractivity contribution in [3.63, 3.8) is 0 Å². The molecule has 2 N–H and O–H groups in total. The maximum atomic E-state index is 9.72. The highest BCUT2D eigenvalue weighted by Gasteiger charge is 2.16. The second-order valence-electron chi connectivity index (χ2n) is 6.05. The van der Waals surface area contributed by atoms with Gasteiger partial charge in [0.1, 0.15) is 0 Å². The van der Waals surface area contributed by atoms with Crippen molar-refractivity contribution >= 4 is 11.0 Å². The lowest BCUT2D eigenvalue weighted by molar-refractivity contribution is 0.280. The summed E-state index contributed by atoms with van der Waals surface area (Å²) in [7, 11) is 0. The molecule has 0 aliphatic heterocycles. The number of nitrogens with zero attached hydrogens (tertiary/aromatic N) is 2. The van der Waals surface area contributed by atoms with E-state index in [2.05, 4.69) is 0 Å². The summed E-state index contributed by atoms with van der Waals surface area (Å²) in [6, 6.07) is 23.4. The highest BCUT2D eigenvalue weighted by molar-refractivity contribution is 5.89. The summed E-state index contributed by atoms with van der Waals surface area (Å²) >= 11 is 0. The first-order chi connectivity index (χ1) is 12.8. The van der Waals surface area contributed by atoms with E-state index in [1.807, 2.05) is 60.7 Å². The Morgan fingerprint density at radius 1 is 0.538 bits per heavy atom. The van der Waals surface area contributed by atoms with E-state index in [1.165, 1.54) is 0 Å². The van der Waals surface area contributed by atoms with Crippen molar-refractivity contribution in [1.29, 1.82) is 0 Å². The molecule has 0 aliphatic rings. The predicted octanol–water partition coefficient (Wildman–Crippen LogP) is 3.95. The Hall–Kier alpha value is -3.08. The van der Waals surface area contributed by atoms with Crippen LogP contribution >= 0.6 is 0 Å². The monoisotopic (exact) mass is 342 g/mol. The van der Waals surface area contributed by atoms with Crippen LogP contribution in [0.1, 0.15) is 11.1 Å². The van der Waals surface area contributed by atoms with Gasteiger partial charge < -0.3 is 10.2 Å². The third-order valence-electron chi connectivity index (χ3n) is 4.42. The van der Waals surface area contributed by atoms with Gasteiger partial charge in [-0.05, 0) is 0 Å². The Labute approximate surface area is 151 Å². The summed E-state index contributed by atoms with van der Waals surface area (Å²) in [6.45, 7) is -0.258. The number of rotatable bonds is 4. The zero-order chi connectivity index (χ0) is 17.9. The maximum absolute atomic E-state index is 9.72. The molecule has 1 aromatic heterocycles. The van der Waals surface area contributed by atoms with Gasteiger partial charge in [0.2, 0.25) is 0 Å². The van der Waals surface area contributed by atoms with Gasteiger partial charge >= 0.3 is 0 Å². The van der Waals surface area contributed by atoms with E-state index in [9.17, 15) is 10.2 Å². The standard InChI is InChI=1S/C22H18N2O2/c25-13-17-11-12-18(14-26)22-21(17)23-19(15-7-3-1-4-8-15)20(24-22)16-9-5-2-6-10-16/h1-12,25-26H,13-14H2. The largest absolute Gasteiger partial charge is 0.392 e. The van der Waals surface area contributed by atoms with Crippen LogP contribution in [0.15, 0.2) is 72.8 Å². The number of aliphatic hydroxyl groups is 2. The van der Waals surface area contributed by atoms with Crippen molar-refractivity contribution in [2.24, 2.45) is 0 Å². The van der Waals surface area contributed by atoms with E-state index in [1.54, 1.807) is 12.1 Å². The molecule has 0 bridgehead atoms. The molecule has 0 radical (unpaired) electrons. The van der Waals surface area contributed by atoms with Crippen LogP contribution in [-0.2, 0) is 13.2 Å². The molecular formula is C22H18N2O2. The SMILES string of the molecule is OCc1ccc(CO)c2nc(-c3ccccc3)c(-c3ccccc3)nc12. The molecule has 4 rings (SSSR count). The first kappa shape index (κ1) is 16.4. The van der Waals surface area contributed by atoms with E-state index in [4.69, 9.17) is 9.97 Å². The summed E-state index contributed by atoms with van der Waals surface area (Å²) in [4.78, 5) is 9.74. The quantitative estimate of drug-likeness (QED) is 0.589. The average molecular weight is 342 g/mol. The Bertz CT molecular complexity index is 962. The molecule has 128 valence electrons. The fourth-order valence-corrected chi connectivity index (χ4v) is 3.09. The Morgan fingerprint density at radius 3 is 1.27 bits per heavy atom. The fraction of sp³-hybridized carbons (Fsp3) is 0.0909. The highest BCUT2D eigenvalue weighted by Crippen LogP contribution is 2.32. The minimum atomic E-state index is -0.129. The molecule has 0 amide bonds. The first-order valence-electron chi connectivity index (χ1n) is 8.47. The van der Waals surface area contributed by atoms with E-state index in [-0.39, 0.29) is 13.2 Å². The molecule has 4 aromatic rings. The molecule has 26 heavy (non-hydrogen) atoms. The van der Waals surface area contributed by atoms with Crippen molar-refractivity contribution in [2.45, 2.75) is 13.2 Å². The third-order valence-corrected chi connectivity index (χ3v) is 4.42. The number of hydrogen-bond acceptors (Lipinski definition) is 4. The molecule has 0 saturated carbocycles. The lowest BCUT2D eigenvalue weighted by Crippen LogP contribution is -2.01. The second kappa shape index (κ2) is 7.04. The van der Waals surface area contributed by atoms with Gasteiger partial charge in [-0.15, -0.1) is 0 Å². The highest BCUT2D eigenvalue weighted by atomic mass is 16.3. The smallest absolute Gasteiger partial charge is 0.0973 e. The predicted molar refractivity (Wildman–Crippen MR) is 102 cm³/mol. The third kappa shape index (κ3) is 2.86. The van der Waals surface area contributed by atoms with Crippen LogP contribution in [0.25, 0.3) is 33.5 Å². The Balaban J connectivity index is 2.10. The van der Waals surface area contributed by atoms with Crippen LogP contribution in [-0.4, -0.2) is 20.2 Å². The first-order valence-corrected chi connectivity index (χ1v) is 8.47. The lowest BCUT2D eigenvalue weighted by Gasteiger charge is -2.14. The van der Waals surface area contributed by atoms with Crippen LogP contribution in [0.4, 0.5) is 0 Å². The summed E-state index contributed by atoms with van der Waals surface area (Å²) in [5.74, 6) is 0. The van der Waals surface area contributed by atoms with Gasteiger partial charge in [0.05, 0.1) is 35.6 Å². The van der Waals surface area contributed by atoms with E-state index in [0.717, 1.165) is 22.5 Å². The minimum absolute atomic E-state index is 0.129. The normalized spacial score (nSPS) is 11.0. The fourth-order valence-electron chi connectivity index (χ4n) is 3.09. The molecule has 0 spiro atoms. The van der Waals surface area contributed by atoms with Gasteiger partial charge in [-0.1, -0.05) is 72.8 Å². The van der Waals surface area contributed by atoms with Crippen molar-refractivity contribution < 1.29 is 10.2 Å². The molecule has 3 aromatic carbocycles. The van der Waals surface area contributed by atoms with Crippen molar-refractivity contribution in [3.05, 3.63) is 83.9 Å². The van der Waals surface area contributed by atoms with Crippen molar-refractivity contribution in [1.82, 2.24) is 9.97 Å². The Kier molecular flexibility index (Phi) is 4.44. The molecule has 0 unspecified atom stereocenters. The molecule has 0 aliphatic carbocycles. The lowest BCUT2D eigenvalue weighted by atomic mass is 10.0. The molecule has 1 heterocycles. The average Bonchev–Trinajstić information content (AvgIpc) is 2.73. The van der Waals surface area contributed by atoms with Crippen LogP contribution in [0.3, 0.4) is 0 Å². The molecule has 0 fully saturated rings. The van der Waals surface area contributed by atoms with E-state index < -0.39 is 0 Å². The summed E-state index contributed by atoms with van der Waals surface area (Å²) < 4.78 is 0.